The van der Waals surface area contributed by atoms with E-state index in [0.29, 0.717) is 12.5 Å². The van der Waals surface area contributed by atoms with Crippen molar-refractivity contribution in [2.45, 2.75) is 32.2 Å². The number of ether oxygens (including phenoxy) is 1. The molecule has 1 aromatic rings. The van der Waals surface area contributed by atoms with Gasteiger partial charge in [0.05, 0.1) is 5.69 Å². The van der Waals surface area contributed by atoms with Crippen molar-refractivity contribution in [1.29, 1.82) is 0 Å². The highest BCUT2D eigenvalue weighted by Gasteiger charge is 2.21. The van der Waals surface area contributed by atoms with Crippen molar-refractivity contribution in [1.82, 2.24) is 9.78 Å². The number of rotatable bonds is 3. The molecule has 1 saturated heterocycles. The van der Waals surface area contributed by atoms with Gasteiger partial charge in [-0.2, -0.15) is 5.10 Å². The molecular formula is C11H16N2O3. The quantitative estimate of drug-likeness (QED) is 0.845. The Morgan fingerprint density at radius 3 is 2.81 bits per heavy atom. The predicted octanol–water partition coefficient (Wildman–Crippen LogP) is 1.50. The van der Waals surface area contributed by atoms with Gasteiger partial charge in [-0.15, -0.1) is 0 Å². The van der Waals surface area contributed by atoms with Crippen LogP contribution in [0.2, 0.25) is 0 Å². The maximum Gasteiger partial charge on any atom is 0.354 e. The Bertz CT molecular complexity index is 381. The fourth-order valence-corrected chi connectivity index (χ4v) is 2.04. The van der Waals surface area contributed by atoms with Gasteiger partial charge in [0, 0.05) is 25.7 Å². The first kappa shape index (κ1) is 11.1. The van der Waals surface area contributed by atoms with Gasteiger partial charge in [-0.05, 0) is 25.8 Å². The molecule has 0 unspecified atom stereocenters. The van der Waals surface area contributed by atoms with E-state index < -0.39 is 5.97 Å². The highest BCUT2D eigenvalue weighted by atomic mass is 16.5. The molecule has 1 N–H and O–H groups in total. The van der Waals surface area contributed by atoms with E-state index >= 15 is 0 Å². The summed E-state index contributed by atoms with van der Waals surface area (Å²) in [5.41, 5.74) is 1.17. The lowest BCUT2D eigenvalue weighted by Gasteiger charge is -2.19. The smallest absolute Gasteiger partial charge is 0.354 e. The molecule has 0 spiro atoms. The molecule has 0 aliphatic carbocycles. The van der Waals surface area contributed by atoms with Crippen LogP contribution in [0.3, 0.4) is 0 Å². The number of aryl methyl sites for hydroxylation is 1. The molecule has 0 radical (unpaired) electrons. The number of hydrogen-bond acceptors (Lipinski definition) is 3. The van der Waals surface area contributed by atoms with Crippen molar-refractivity contribution in [2.24, 2.45) is 0 Å². The van der Waals surface area contributed by atoms with E-state index in [1.54, 1.807) is 10.7 Å². The second-order valence-electron chi connectivity index (χ2n) is 3.96. The molecule has 0 aromatic carbocycles. The molecule has 2 heterocycles. The minimum Gasteiger partial charge on any atom is -0.477 e. The van der Waals surface area contributed by atoms with Crippen LogP contribution in [0.5, 0.6) is 0 Å². The molecule has 1 fully saturated rings. The average molecular weight is 224 g/mol. The van der Waals surface area contributed by atoms with E-state index in [9.17, 15) is 4.79 Å². The SMILES string of the molecule is CCn1nc(C2CCOCC2)cc1C(=O)O. The largest absolute Gasteiger partial charge is 0.477 e. The van der Waals surface area contributed by atoms with E-state index in [4.69, 9.17) is 9.84 Å². The van der Waals surface area contributed by atoms with Crippen LogP contribution in [0.4, 0.5) is 0 Å². The van der Waals surface area contributed by atoms with Crippen molar-refractivity contribution in [3.8, 4) is 0 Å². The van der Waals surface area contributed by atoms with Gasteiger partial charge in [-0.1, -0.05) is 0 Å². The molecule has 0 bridgehead atoms. The zero-order chi connectivity index (χ0) is 11.5. The third-order valence-electron chi connectivity index (χ3n) is 2.96. The Kier molecular flexibility index (Phi) is 3.24. The molecule has 88 valence electrons. The molecule has 1 aromatic heterocycles. The van der Waals surface area contributed by atoms with Gasteiger partial charge in [0.2, 0.25) is 0 Å². The number of nitrogens with zero attached hydrogens (tertiary/aromatic N) is 2. The summed E-state index contributed by atoms with van der Waals surface area (Å²) in [6.45, 7) is 3.97. The van der Waals surface area contributed by atoms with Gasteiger partial charge in [0.15, 0.2) is 0 Å². The lowest BCUT2D eigenvalue weighted by Crippen LogP contribution is -2.14. The highest BCUT2D eigenvalue weighted by Crippen LogP contribution is 2.26. The number of carbonyl (C=O) groups is 1. The predicted molar refractivity (Wildman–Crippen MR) is 57.7 cm³/mol. The van der Waals surface area contributed by atoms with Crippen LogP contribution < -0.4 is 0 Å². The summed E-state index contributed by atoms with van der Waals surface area (Å²) < 4.78 is 6.83. The standard InChI is InChI=1S/C11H16N2O3/c1-2-13-10(11(14)15)7-9(12-13)8-3-5-16-6-4-8/h7-8H,2-6H2,1H3,(H,14,15). The normalized spacial score (nSPS) is 17.6. The summed E-state index contributed by atoms with van der Waals surface area (Å²) in [5, 5.41) is 13.4. The molecular weight excluding hydrogens is 208 g/mol. The second-order valence-corrected chi connectivity index (χ2v) is 3.96. The van der Waals surface area contributed by atoms with E-state index in [1.807, 2.05) is 6.92 Å². The van der Waals surface area contributed by atoms with Gasteiger partial charge >= 0.3 is 5.97 Å². The number of carboxylic acid groups (broad SMARTS) is 1. The maximum atomic E-state index is 11.0. The Labute approximate surface area is 94.0 Å². The molecule has 0 saturated carbocycles. The zero-order valence-electron chi connectivity index (χ0n) is 9.35. The van der Waals surface area contributed by atoms with Crippen LogP contribution in [0.25, 0.3) is 0 Å². The van der Waals surface area contributed by atoms with Crippen molar-refractivity contribution in [2.75, 3.05) is 13.2 Å². The van der Waals surface area contributed by atoms with Gasteiger partial charge < -0.3 is 9.84 Å². The Morgan fingerprint density at radius 1 is 1.62 bits per heavy atom. The van der Waals surface area contributed by atoms with Crippen molar-refractivity contribution in [3.05, 3.63) is 17.5 Å². The Morgan fingerprint density at radius 2 is 2.31 bits per heavy atom. The van der Waals surface area contributed by atoms with E-state index in [0.717, 1.165) is 31.7 Å². The van der Waals surface area contributed by atoms with Gasteiger partial charge in [-0.25, -0.2) is 4.79 Å². The molecule has 2 rings (SSSR count). The lowest BCUT2D eigenvalue weighted by atomic mass is 9.96. The topological polar surface area (TPSA) is 64.4 Å². The third-order valence-corrected chi connectivity index (χ3v) is 2.96. The zero-order valence-corrected chi connectivity index (χ0v) is 9.35. The van der Waals surface area contributed by atoms with Crippen LogP contribution in [0.1, 0.15) is 41.9 Å². The Hall–Kier alpha value is -1.36. The summed E-state index contributed by atoms with van der Waals surface area (Å²) in [5.74, 6) is -0.563. The molecule has 5 nitrogen and oxygen atoms in total. The molecule has 5 heteroatoms. The Balaban J connectivity index is 2.24. The summed E-state index contributed by atoms with van der Waals surface area (Å²) in [6.07, 6.45) is 1.86. The van der Waals surface area contributed by atoms with E-state index in [1.165, 1.54) is 0 Å². The van der Waals surface area contributed by atoms with Crippen molar-refractivity contribution < 1.29 is 14.6 Å². The summed E-state index contributed by atoms with van der Waals surface area (Å²) >= 11 is 0. The number of aromatic carboxylic acids is 1. The fourth-order valence-electron chi connectivity index (χ4n) is 2.04. The number of carboxylic acids is 1. The first-order chi connectivity index (χ1) is 7.72. The molecule has 0 amide bonds. The van der Waals surface area contributed by atoms with Crippen LogP contribution in [0.15, 0.2) is 6.07 Å². The third kappa shape index (κ3) is 2.09. The van der Waals surface area contributed by atoms with Crippen LogP contribution in [-0.2, 0) is 11.3 Å². The monoisotopic (exact) mass is 224 g/mol. The summed E-state index contributed by atoms with van der Waals surface area (Å²) in [7, 11) is 0. The van der Waals surface area contributed by atoms with E-state index in [-0.39, 0.29) is 5.69 Å². The summed E-state index contributed by atoms with van der Waals surface area (Å²) in [4.78, 5) is 11.0. The minimum absolute atomic E-state index is 0.281. The first-order valence-electron chi connectivity index (χ1n) is 5.61. The number of aromatic nitrogens is 2. The number of hydrogen-bond donors (Lipinski definition) is 1. The summed E-state index contributed by atoms with van der Waals surface area (Å²) in [6, 6.07) is 1.70. The first-order valence-corrected chi connectivity index (χ1v) is 5.61. The van der Waals surface area contributed by atoms with E-state index in [2.05, 4.69) is 5.10 Å². The van der Waals surface area contributed by atoms with Gasteiger partial charge in [-0.3, -0.25) is 4.68 Å². The van der Waals surface area contributed by atoms with Crippen LogP contribution >= 0.6 is 0 Å². The lowest BCUT2D eigenvalue weighted by molar-refractivity contribution is 0.0683. The average Bonchev–Trinajstić information content (AvgIpc) is 2.74. The highest BCUT2D eigenvalue weighted by molar-refractivity contribution is 5.85. The maximum absolute atomic E-state index is 11.0. The van der Waals surface area contributed by atoms with Gasteiger partial charge in [0.1, 0.15) is 5.69 Å². The second kappa shape index (κ2) is 4.65. The molecule has 0 atom stereocenters. The molecule has 1 aliphatic heterocycles. The fraction of sp³-hybridized carbons (Fsp3) is 0.636. The van der Waals surface area contributed by atoms with Crippen LogP contribution in [0, 0.1) is 0 Å². The van der Waals surface area contributed by atoms with Gasteiger partial charge in [0.25, 0.3) is 0 Å². The minimum atomic E-state index is -0.910. The molecule has 16 heavy (non-hydrogen) atoms. The van der Waals surface area contributed by atoms with Crippen LogP contribution in [-0.4, -0.2) is 34.1 Å². The van der Waals surface area contributed by atoms with Crippen molar-refractivity contribution >= 4 is 5.97 Å². The molecule has 1 aliphatic rings. The van der Waals surface area contributed by atoms with Crippen molar-refractivity contribution in [3.63, 3.8) is 0 Å².